The van der Waals surface area contributed by atoms with Gasteiger partial charge in [0.15, 0.2) is 0 Å². The standard InChI is InChI=1S/C25H30Cl2N2O2/c1-18-7-9-19(10-8-18)15-16-29(23(30)17-26)24(20-11-13-21(27)14-12-20)25(31)28-22-5-3-2-4-6-22/h7-14,22,24H,2-6,15-17H2,1H3,(H,28,31)/t24-/m0/s1. The number of alkyl halides is 1. The van der Waals surface area contributed by atoms with Crippen LogP contribution < -0.4 is 5.32 Å². The molecule has 0 spiro atoms. The molecule has 31 heavy (non-hydrogen) atoms. The van der Waals surface area contributed by atoms with Crippen LogP contribution in [0.5, 0.6) is 0 Å². The molecule has 1 N–H and O–H groups in total. The Morgan fingerprint density at radius 2 is 1.68 bits per heavy atom. The third-order valence-corrected chi connectivity index (χ3v) is 6.37. The Kier molecular flexibility index (Phi) is 8.79. The summed E-state index contributed by atoms with van der Waals surface area (Å²) in [5.41, 5.74) is 3.03. The van der Waals surface area contributed by atoms with Crippen molar-refractivity contribution in [3.8, 4) is 0 Å². The van der Waals surface area contributed by atoms with Crippen molar-refractivity contribution in [1.29, 1.82) is 0 Å². The number of amides is 2. The molecule has 0 heterocycles. The second-order valence-corrected chi connectivity index (χ2v) is 8.96. The summed E-state index contributed by atoms with van der Waals surface area (Å²) in [4.78, 5) is 27.9. The topological polar surface area (TPSA) is 49.4 Å². The van der Waals surface area contributed by atoms with Crippen LogP contribution in [-0.4, -0.2) is 35.2 Å². The molecule has 1 atom stereocenters. The first kappa shape index (κ1) is 23.6. The van der Waals surface area contributed by atoms with Crippen LogP contribution >= 0.6 is 23.2 Å². The number of hydrogen-bond donors (Lipinski definition) is 1. The third kappa shape index (κ3) is 6.72. The van der Waals surface area contributed by atoms with Crippen molar-refractivity contribution in [1.82, 2.24) is 10.2 Å². The van der Waals surface area contributed by atoms with Gasteiger partial charge in [-0.25, -0.2) is 0 Å². The minimum absolute atomic E-state index is 0.154. The predicted molar refractivity (Wildman–Crippen MR) is 127 cm³/mol. The average Bonchev–Trinajstić information content (AvgIpc) is 2.78. The Bertz CT molecular complexity index is 862. The van der Waals surface area contributed by atoms with E-state index in [1.807, 2.05) is 19.1 Å². The molecule has 1 saturated carbocycles. The Morgan fingerprint density at radius 1 is 1.03 bits per heavy atom. The molecule has 2 amide bonds. The number of benzene rings is 2. The molecule has 1 aliphatic carbocycles. The largest absolute Gasteiger partial charge is 0.351 e. The second-order valence-electron chi connectivity index (χ2n) is 8.25. The first-order valence-electron chi connectivity index (χ1n) is 10.9. The quantitative estimate of drug-likeness (QED) is 0.532. The zero-order chi connectivity index (χ0) is 22.2. The molecule has 0 unspecified atom stereocenters. The summed E-state index contributed by atoms with van der Waals surface area (Å²) in [6, 6.07) is 14.8. The van der Waals surface area contributed by atoms with Crippen LogP contribution in [0, 0.1) is 6.92 Å². The summed E-state index contributed by atoms with van der Waals surface area (Å²) in [6.45, 7) is 2.44. The highest BCUT2D eigenvalue weighted by molar-refractivity contribution is 6.30. The predicted octanol–water partition coefficient (Wildman–Crippen LogP) is 5.45. The fourth-order valence-electron chi connectivity index (χ4n) is 4.12. The van der Waals surface area contributed by atoms with Gasteiger partial charge < -0.3 is 10.2 Å². The van der Waals surface area contributed by atoms with Crippen LogP contribution in [0.25, 0.3) is 0 Å². The second kappa shape index (κ2) is 11.5. The summed E-state index contributed by atoms with van der Waals surface area (Å²) in [6.07, 6.45) is 6.05. The fraction of sp³-hybridized carbons (Fsp3) is 0.440. The minimum atomic E-state index is -0.740. The monoisotopic (exact) mass is 460 g/mol. The molecule has 0 aliphatic heterocycles. The van der Waals surface area contributed by atoms with E-state index in [4.69, 9.17) is 23.2 Å². The average molecular weight is 461 g/mol. The van der Waals surface area contributed by atoms with Crippen LogP contribution in [0.1, 0.15) is 54.8 Å². The lowest BCUT2D eigenvalue weighted by Crippen LogP contribution is -2.48. The van der Waals surface area contributed by atoms with Gasteiger partial charge in [-0.2, -0.15) is 0 Å². The number of carbonyl (C=O) groups is 2. The maximum absolute atomic E-state index is 13.4. The normalized spacial score (nSPS) is 15.3. The van der Waals surface area contributed by atoms with E-state index in [2.05, 4.69) is 29.6 Å². The third-order valence-electron chi connectivity index (χ3n) is 5.89. The SMILES string of the molecule is Cc1ccc(CCN(C(=O)CCl)[C@H](C(=O)NC2CCCCC2)c2ccc(Cl)cc2)cc1. The first-order valence-corrected chi connectivity index (χ1v) is 11.9. The molecule has 2 aromatic carbocycles. The summed E-state index contributed by atoms with van der Waals surface area (Å²) >= 11 is 12.0. The van der Waals surface area contributed by atoms with Crippen LogP contribution in [0.4, 0.5) is 0 Å². The number of carbonyl (C=O) groups excluding carboxylic acids is 2. The van der Waals surface area contributed by atoms with E-state index >= 15 is 0 Å². The van der Waals surface area contributed by atoms with Crippen molar-refractivity contribution in [2.24, 2.45) is 0 Å². The van der Waals surface area contributed by atoms with Crippen LogP contribution in [-0.2, 0) is 16.0 Å². The molecular formula is C25H30Cl2N2O2. The zero-order valence-electron chi connectivity index (χ0n) is 17.9. The molecule has 166 valence electrons. The maximum Gasteiger partial charge on any atom is 0.247 e. The molecule has 2 aromatic rings. The highest BCUT2D eigenvalue weighted by atomic mass is 35.5. The van der Waals surface area contributed by atoms with Crippen molar-refractivity contribution >= 4 is 35.0 Å². The molecule has 0 radical (unpaired) electrons. The Balaban J connectivity index is 1.85. The van der Waals surface area contributed by atoms with Crippen molar-refractivity contribution < 1.29 is 9.59 Å². The van der Waals surface area contributed by atoms with Gasteiger partial charge in [0.05, 0.1) is 0 Å². The Morgan fingerprint density at radius 3 is 2.29 bits per heavy atom. The van der Waals surface area contributed by atoms with E-state index in [-0.39, 0.29) is 23.7 Å². The van der Waals surface area contributed by atoms with E-state index in [1.165, 1.54) is 12.0 Å². The van der Waals surface area contributed by atoms with E-state index in [0.717, 1.165) is 36.8 Å². The van der Waals surface area contributed by atoms with E-state index in [1.54, 1.807) is 17.0 Å². The van der Waals surface area contributed by atoms with Gasteiger partial charge in [-0.1, -0.05) is 72.8 Å². The van der Waals surface area contributed by atoms with Gasteiger partial charge in [0, 0.05) is 17.6 Å². The molecule has 6 heteroatoms. The van der Waals surface area contributed by atoms with Gasteiger partial charge >= 0.3 is 0 Å². The lowest BCUT2D eigenvalue weighted by atomic mass is 9.94. The van der Waals surface area contributed by atoms with Crippen molar-refractivity contribution in [2.45, 2.75) is 57.5 Å². The lowest BCUT2D eigenvalue weighted by Gasteiger charge is -2.33. The molecule has 0 saturated heterocycles. The molecule has 4 nitrogen and oxygen atoms in total. The number of nitrogens with one attached hydrogen (secondary N) is 1. The molecule has 1 fully saturated rings. The highest BCUT2D eigenvalue weighted by Crippen LogP contribution is 2.26. The first-order chi connectivity index (χ1) is 15.0. The van der Waals surface area contributed by atoms with Gasteiger partial charge in [0.25, 0.3) is 0 Å². The number of halogens is 2. The van der Waals surface area contributed by atoms with Gasteiger partial charge in [-0.3, -0.25) is 9.59 Å². The summed E-state index contributed by atoms with van der Waals surface area (Å²) in [5.74, 6) is -0.585. The highest BCUT2D eigenvalue weighted by Gasteiger charge is 2.32. The smallest absolute Gasteiger partial charge is 0.247 e. The maximum atomic E-state index is 13.4. The number of hydrogen-bond acceptors (Lipinski definition) is 2. The zero-order valence-corrected chi connectivity index (χ0v) is 19.5. The number of aryl methyl sites for hydroxylation is 1. The van der Waals surface area contributed by atoms with E-state index < -0.39 is 6.04 Å². The van der Waals surface area contributed by atoms with Gasteiger partial charge in [0.2, 0.25) is 11.8 Å². The number of nitrogens with zero attached hydrogens (tertiary/aromatic N) is 1. The van der Waals surface area contributed by atoms with E-state index in [0.29, 0.717) is 18.0 Å². The Hall–Kier alpha value is -2.04. The minimum Gasteiger partial charge on any atom is -0.351 e. The van der Waals surface area contributed by atoms with Crippen molar-refractivity contribution in [3.05, 3.63) is 70.2 Å². The van der Waals surface area contributed by atoms with Gasteiger partial charge in [-0.15, -0.1) is 11.6 Å². The molecule has 0 bridgehead atoms. The molecular weight excluding hydrogens is 431 g/mol. The summed E-state index contributed by atoms with van der Waals surface area (Å²) < 4.78 is 0. The number of rotatable bonds is 8. The summed E-state index contributed by atoms with van der Waals surface area (Å²) in [5, 5.41) is 3.78. The van der Waals surface area contributed by atoms with Crippen molar-refractivity contribution in [2.75, 3.05) is 12.4 Å². The van der Waals surface area contributed by atoms with Crippen LogP contribution in [0.2, 0.25) is 5.02 Å². The van der Waals surface area contributed by atoms with Gasteiger partial charge in [0.1, 0.15) is 11.9 Å². The molecule has 3 rings (SSSR count). The lowest BCUT2D eigenvalue weighted by molar-refractivity contribution is -0.139. The van der Waals surface area contributed by atoms with Crippen LogP contribution in [0.15, 0.2) is 48.5 Å². The molecule has 0 aromatic heterocycles. The fourth-order valence-corrected chi connectivity index (χ4v) is 4.40. The molecule has 1 aliphatic rings. The van der Waals surface area contributed by atoms with E-state index in [9.17, 15) is 9.59 Å². The van der Waals surface area contributed by atoms with Gasteiger partial charge in [-0.05, 0) is 49.4 Å². The van der Waals surface area contributed by atoms with Crippen LogP contribution in [0.3, 0.4) is 0 Å². The van der Waals surface area contributed by atoms with Crippen molar-refractivity contribution in [3.63, 3.8) is 0 Å². The Labute approximate surface area is 194 Å². The summed E-state index contributed by atoms with van der Waals surface area (Å²) in [7, 11) is 0.